The highest BCUT2D eigenvalue weighted by Gasteiger charge is 2.28. The van der Waals surface area contributed by atoms with Crippen LogP contribution in [0.2, 0.25) is 0 Å². The Labute approximate surface area is 115 Å². The lowest BCUT2D eigenvalue weighted by Crippen LogP contribution is -2.40. The summed E-state index contributed by atoms with van der Waals surface area (Å²) in [5, 5.41) is 0. The van der Waals surface area contributed by atoms with E-state index in [1.165, 1.54) is 0 Å². The predicted molar refractivity (Wildman–Crippen MR) is 75.2 cm³/mol. The van der Waals surface area contributed by atoms with Crippen molar-refractivity contribution in [2.24, 2.45) is 0 Å². The highest BCUT2D eigenvalue weighted by molar-refractivity contribution is 7.89. The summed E-state index contributed by atoms with van der Waals surface area (Å²) >= 11 is 0. The lowest BCUT2D eigenvalue weighted by molar-refractivity contribution is 0.383. The normalized spacial score (nSPS) is 16.2. The SMILES string of the molecule is COc1cc(C)c(S(=O)(=O)NC2CCC2)c(C)c1C. The van der Waals surface area contributed by atoms with Crippen LogP contribution in [0.15, 0.2) is 11.0 Å². The highest BCUT2D eigenvalue weighted by atomic mass is 32.2. The van der Waals surface area contributed by atoms with Crippen molar-refractivity contribution in [1.82, 2.24) is 4.72 Å². The van der Waals surface area contributed by atoms with E-state index in [0.717, 1.165) is 41.7 Å². The molecule has 0 aliphatic heterocycles. The van der Waals surface area contributed by atoms with Gasteiger partial charge in [0, 0.05) is 6.04 Å². The van der Waals surface area contributed by atoms with Gasteiger partial charge >= 0.3 is 0 Å². The van der Waals surface area contributed by atoms with Gasteiger partial charge in [-0.15, -0.1) is 0 Å². The maximum Gasteiger partial charge on any atom is 0.241 e. The van der Waals surface area contributed by atoms with E-state index in [-0.39, 0.29) is 6.04 Å². The Morgan fingerprint density at radius 1 is 1.21 bits per heavy atom. The summed E-state index contributed by atoms with van der Waals surface area (Å²) in [5.74, 6) is 0.734. The number of hydrogen-bond donors (Lipinski definition) is 1. The van der Waals surface area contributed by atoms with Gasteiger partial charge in [0.1, 0.15) is 5.75 Å². The first-order valence-electron chi connectivity index (χ1n) is 6.54. The van der Waals surface area contributed by atoms with Crippen molar-refractivity contribution in [1.29, 1.82) is 0 Å². The molecular formula is C14H21NO3S. The lowest BCUT2D eigenvalue weighted by atomic mass is 9.94. The van der Waals surface area contributed by atoms with Gasteiger partial charge < -0.3 is 4.74 Å². The maximum atomic E-state index is 12.5. The van der Waals surface area contributed by atoms with E-state index in [2.05, 4.69) is 4.72 Å². The molecule has 0 heterocycles. The van der Waals surface area contributed by atoms with Crippen LogP contribution >= 0.6 is 0 Å². The molecule has 5 heteroatoms. The Bertz CT molecular complexity index is 589. The molecular weight excluding hydrogens is 262 g/mol. The zero-order valence-corrected chi connectivity index (χ0v) is 12.7. The molecule has 0 amide bonds. The first kappa shape index (κ1) is 14.3. The smallest absolute Gasteiger partial charge is 0.241 e. The van der Waals surface area contributed by atoms with Crippen molar-refractivity contribution in [2.45, 2.75) is 51.0 Å². The molecule has 0 atom stereocenters. The standard InChI is InChI=1S/C14H21NO3S/c1-9-8-13(18-4)10(2)11(3)14(9)19(16,17)15-12-6-5-7-12/h8,12,15H,5-7H2,1-4H3. The van der Waals surface area contributed by atoms with Gasteiger partial charge in [0.2, 0.25) is 10.0 Å². The summed E-state index contributed by atoms with van der Waals surface area (Å²) in [6.07, 6.45) is 2.98. The van der Waals surface area contributed by atoms with E-state index in [9.17, 15) is 8.42 Å². The summed E-state index contributed by atoms with van der Waals surface area (Å²) in [5.41, 5.74) is 2.37. The minimum atomic E-state index is -3.43. The molecule has 4 nitrogen and oxygen atoms in total. The second-order valence-electron chi connectivity index (χ2n) is 5.22. The zero-order valence-electron chi connectivity index (χ0n) is 11.9. The monoisotopic (exact) mass is 283 g/mol. The molecule has 1 aromatic carbocycles. The second-order valence-corrected chi connectivity index (χ2v) is 6.87. The molecule has 0 saturated heterocycles. The topological polar surface area (TPSA) is 55.4 Å². The van der Waals surface area contributed by atoms with Gasteiger partial charge in [-0.25, -0.2) is 13.1 Å². The second kappa shape index (κ2) is 5.13. The van der Waals surface area contributed by atoms with Gasteiger partial charge in [-0.2, -0.15) is 0 Å². The van der Waals surface area contributed by atoms with E-state index in [0.29, 0.717) is 4.90 Å². The number of sulfonamides is 1. The third-order valence-electron chi connectivity index (χ3n) is 3.89. The zero-order chi connectivity index (χ0) is 14.2. The number of nitrogens with one attached hydrogen (secondary N) is 1. The van der Waals surface area contributed by atoms with E-state index in [4.69, 9.17) is 4.74 Å². The van der Waals surface area contributed by atoms with Crippen molar-refractivity contribution in [2.75, 3.05) is 7.11 Å². The molecule has 106 valence electrons. The minimum Gasteiger partial charge on any atom is -0.496 e. The van der Waals surface area contributed by atoms with Crippen LogP contribution < -0.4 is 9.46 Å². The quantitative estimate of drug-likeness (QED) is 0.923. The van der Waals surface area contributed by atoms with Crippen LogP contribution in [-0.2, 0) is 10.0 Å². The largest absolute Gasteiger partial charge is 0.496 e. The summed E-state index contributed by atoms with van der Waals surface area (Å²) in [7, 11) is -1.84. The summed E-state index contributed by atoms with van der Waals surface area (Å²) < 4.78 is 33.0. The Morgan fingerprint density at radius 3 is 2.32 bits per heavy atom. The van der Waals surface area contributed by atoms with Crippen molar-refractivity contribution in [3.05, 3.63) is 22.8 Å². The van der Waals surface area contributed by atoms with Gasteiger partial charge in [-0.05, 0) is 56.4 Å². The molecule has 0 spiro atoms. The van der Waals surface area contributed by atoms with E-state index in [1.54, 1.807) is 13.2 Å². The van der Waals surface area contributed by atoms with E-state index in [1.807, 2.05) is 20.8 Å². The van der Waals surface area contributed by atoms with Crippen molar-refractivity contribution < 1.29 is 13.2 Å². The Morgan fingerprint density at radius 2 is 1.84 bits per heavy atom. The average Bonchev–Trinajstić information content (AvgIpc) is 2.28. The van der Waals surface area contributed by atoms with Gasteiger partial charge in [0.05, 0.1) is 12.0 Å². The molecule has 0 bridgehead atoms. The van der Waals surface area contributed by atoms with Crippen LogP contribution in [0.5, 0.6) is 5.75 Å². The fourth-order valence-corrected chi connectivity index (χ4v) is 4.28. The fourth-order valence-electron chi connectivity index (χ4n) is 2.45. The number of hydrogen-bond acceptors (Lipinski definition) is 3. The lowest BCUT2D eigenvalue weighted by Gasteiger charge is -2.27. The molecule has 2 rings (SSSR count). The molecule has 0 radical (unpaired) electrons. The first-order chi connectivity index (χ1) is 8.86. The molecule has 0 aromatic heterocycles. The molecule has 1 N–H and O–H groups in total. The van der Waals surface area contributed by atoms with Crippen molar-refractivity contribution in [3.8, 4) is 5.75 Å². The van der Waals surface area contributed by atoms with Crippen LogP contribution in [0.25, 0.3) is 0 Å². The maximum absolute atomic E-state index is 12.5. The fraction of sp³-hybridized carbons (Fsp3) is 0.571. The number of ether oxygens (including phenoxy) is 1. The molecule has 0 unspecified atom stereocenters. The van der Waals surface area contributed by atoms with E-state index >= 15 is 0 Å². The van der Waals surface area contributed by atoms with Gasteiger partial charge in [0.15, 0.2) is 0 Å². The molecule has 1 saturated carbocycles. The van der Waals surface area contributed by atoms with Crippen LogP contribution in [0.3, 0.4) is 0 Å². The first-order valence-corrected chi connectivity index (χ1v) is 8.02. The predicted octanol–water partition coefficient (Wildman–Crippen LogP) is 2.45. The van der Waals surface area contributed by atoms with Crippen LogP contribution in [0.1, 0.15) is 36.0 Å². The number of aryl methyl sites for hydroxylation is 1. The third kappa shape index (κ3) is 2.62. The van der Waals surface area contributed by atoms with Crippen LogP contribution in [-0.4, -0.2) is 21.6 Å². The number of methoxy groups -OCH3 is 1. The molecule has 1 aliphatic carbocycles. The molecule has 19 heavy (non-hydrogen) atoms. The van der Waals surface area contributed by atoms with Crippen molar-refractivity contribution in [3.63, 3.8) is 0 Å². The van der Waals surface area contributed by atoms with Crippen LogP contribution in [0.4, 0.5) is 0 Å². The summed E-state index contributed by atoms with van der Waals surface area (Å²) in [6.45, 7) is 5.53. The Hall–Kier alpha value is -1.07. The van der Waals surface area contributed by atoms with Gasteiger partial charge in [-0.1, -0.05) is 6.42 Å². The van der Waals surface area contributed by atoms with Gasteiger partial charge in [-0.3, -0.25) is 0 Å². The minimum absolute atomic E-state index is 0.103. The summed E-state index contributed by atoms with van der Waals surface area (Å²) in [6, 6.07) is 1.89. The number of benzene rings is 1. The van der Waals surface area contributed by atoms with Gasteiger partial charge in [0.25, 0.3) is 0 Å². The molecule has 1 aliphatic rings. The molecule has 1 aromatic rings. The average molecular weight is 283 g/mol. The van der Waals surface area contributed by atoms with E-state index < -0.39 is 10.0 Å². The number of rotatable bonds is 4. The Balaban J connectivity index is 2.46. The van der Waals surface area contributed by atoms with Crippen molar-refractivity contribution >= 4 is 10.0 Å². The highest BCUT2D eigenvalue weighted by Crippen LogP contribution is 2.31. The third-order valence-corrected chi connectivity index (χ3v) is 5.70. The van der Waals surface area contributed by atoms with Crippen LogP contribution in [0, 0.1) is 20.8 Å². The summed E-state index contributed by atoms with van der Waals surface area (Å²) in [4.78, 5) is 0.401. The molecule has 1 fully saturated rings. The Kier molecular flexibility index (Phi) is 3.87.